The quantitative estimate of drug-likeness (QED) is 0.660. The lowest BCUT2D eigenvalue weighted by molar-refractivity contribution is -0.120. The van der Waals surface area contributed by atoms with Crippen molar-refractivity contribution in [1.82, 2.24) is 4.90 Å². The summed E-state index contributed by atoms with van der Waals surface area (Å²) in [6.07, 6.45) is 1.64. The van der Waals surface area contributed by atoms with E-state index in [-0.39, 0.29) is 5.91 Å². The maximum absolute atomic E-state index is 13.1. The molecule has 0 spiro atoms. The lowest BCUT2D eigenvalue weighted by atomic mass is 10.2. The molecular formula is C23H25N3O2. The van der Waals surface area contributed by atoms with Crippen LogP contribution in [0.2, 0.25) is 0 Å². The minimum Gasteiger partial charge on any atom is -0.467 e. The van der Waals surface area contributed by atoms with Crippen LogP contribution in [0.25, 0.3) is 0 Å². The molecule has 5 heteroatoms. The van der Waals surface area contributed by atoms with Gasteiger partial charge in [-0.1, -0.05) is 36.4 Å². The highest BCUT2D eigenvalue weighted by Gasteiger charge is 2.23. The molecule has 1 aromatic heterocycles. The Bertz CT molecular complexity index is 857. The third kappa shape index (κ3) is 4.43. The second kappa shape index (κ2) is 8.76. The van der Waals surface area contributed by atoms with Gasteiger partial charge in [0.05, 0.1) is 19.4 Å². The number of carbonyl (C=O) groups is 1. The normalized spacial score (nSPS) is 14.8. The van der Waals surface area contributed by atoms with Gasteiger partial charge in [-0.3, -0.25) is 9.69 Å². The first-order valence-corrected chi connectivity index (χ1v) is 9.70. The van der Waals surface area contributed by atoms with Gasteiger partial charge in [0.2, 0.25) is 5.91 Å². The predicted octanol–water partition coefficient (Wildman–Crippen LogP) is 3.64. The monoisotopic (exact) mass is 375 g/mol. The average Bonchev–Trinajstić information content (AvgIpc) is 3.27. The van der Waals surface area contributed by atoms with Crippen LogP contribution >= 0.6 is 0 Å². The lowest BCUT2D eigenvalue weighted by Crippen LogP contribution is -2.50. The molecule has 0 radical (unpaired) electrons. The SMILES string of the molecule is O=C(CN1CCN(c2ccccc2)CC1)N(Cc1ccco1)c1ccccc1. The fourth-order valence-electron chi connectivity index (χ4n) is 3.57. The summed E-state index contributed by atoms with van der Waals surface area (Å²) >= 11 is 0. The summed E-state index contributed by atoms with van der Waals surface area (Å²) in [6, 6.07) is 24.0. The van der Waals surface area contributed by atoms with Gasteiger partial charge in [-0.25, -0.2) is 0 Å². The number of para-hydroxylation sites is 2. The van der Waals surface area contributed by atoms with Gasteiger partial charge in [-0.05, 0) is 36.4 Å². The van der Waals surface area contributed by atoms with E-state index in [0.29, 0.717) is 13.1 Å². The number of furan rings is 1. The molecule has 0 unspecified atom stereocenters. The van der Waals surface area contributed by atoms with Crippen molar-refractivity contribution in [2.24, 2.45) is 0 Å². The van der Waals surface area contributed by atoms with Crippen molar-refractivity contribution in [1.29, 1.82) is 0 Å². The van der Waals surface area contributed by atoms with E-state index in [1.54, 1.807) is 6.26 Å². The predicted molar refractivity (Wildman–Crippen MR) is 111 cm³/mol. The molecule has 0 aliphatic carbocycles. The number of anilines is 2. The molecular weight excluding hydrogens is 350 g/mol. The number of hydrogen-bond donors (Lipinski definition) is 0. The van der Waals surface area contributed by atoms with Crippen LogP contribution in [0.4, 0.5) is 11.4 Å². The van der Waals surface area contributed by atoms with Crippen molar-refractivity contribution in [3.05, 3.63) is 84.8 Å². The van der Waals surface area contributed by atoms with Crippen LogP contribution < -0.4 is 9.80 Å². The molecule has 0 saturated carbocycles. The van der Waals surface area contributed by atoms with E-state index in [2.05, 4.69) is 34.1 Å². The largest absolute Gasteiger partial charge is 0.467 e. The van der Waals surface area contributed by atoms with Gasteiger partial charge in [0.15, 0.2) is 0 Å². The first-order valence-electron chi connectivity index (χ1n) is 9.70. The molecule has 0 bridgehead atoms. The van der Waals surface area contributed by atoms with Gasteiger partial charge < -0.3 is 14.2 Å². The van der Waals surface area contributed by atoms with Crippen LogP contribution in [-0.4, -0.2) is 43.5 Å². The lowest BCUT2D eigenvalue weighted by Gasteiger charge is -2.36. The molecule has 2 heterocycles. The van der Waals surface area contributed by atoms with Crippen LogP contribution in [0.15, 0.2) is 83.5 Å². The Hall–Kier alpha value is -3.05. The van der Waals surface area contributed by atoms with Crippen molar-refractivity contribution in [3.63, 3.8) is 0 Å². The van der Waals surface area contributed by atoms with Crippen molar-refractivity contribution in [2.75, 3.05) is 42.5 Å². The van der Waals surface area contributed by atoms with E-state index in [4.69, 9.17) is 4.42 Å². The standard InChI is InChI=1S/C23H25N3O2/c27-23(19-24-13-15-25(16-14-24)20-8-3-1-4-9-20)26(18-22-12-7-17-28-22)21-10-5-2-6-11-21/h1-12,17H,13-16,18-19H2. The highest BCUT2D eigenvalue weighted by atomic mass is 16.3. The Morgan fingerprint density at radius 2 is 1.54 bits per heavy atom. The summed E-state index contributed by atoms with van der Waals surface area (Å²) in [5.41, 5.74) is 2.14. The highest BCUT2D eigenvalue weighted by Crippen LogP contribution is 2.19. The Balaban J connectivity index is 1.39. The fraction of sp³-hybridized carbons (Fsp3) is 0.261. The van der Waals surface area contributed by atoms with Crippen LogP contribution in [0.5, 0.6) is 0 Å². The molecule has 0 atom stereocenters. The van der Waals surface area contributed by atoms with Gasteiger partial charge in [0.1, 0.15) is 5.76 Å². The second-order valence-corrected chi connectivity index (χ2v) is 6.99. The molecule has 1 fully saturated rings. The number of carbonyl (C=O) groups excluding carboxylic acids is 1. The molecule has 5 nitrogen and oxygen atoms in total. The summed E-state index contributed by atoms with van der Waals surface area (Å²) in [7, 11) is 0. The number of hydrogen-bond acceptors (Lipinski definition) is 4. The van der Waals surface area contributed by atoms with Crippen LogP contribution in [0.3, 0.4) is 0 Å². The summed E-state index contributed by atoms with van der Waals surface area (Å²) < 4.78 is 5.47. The highest BCUT2D eigenvalue weighted by molar-refractivity contribution is 5.94. The van der Waals surface area contributed by atoms with Gasteiger partial charge in [0, 0.05) is 37.6 Å². The molecule has 4 rings (SSSR count). The average molecular weight is 375 g/mol. The van der Waals surface area contributed by atoms with E-state index in [9.17, 15) is 4.79 Å². The molecule has 2 aromatic carbocycles. The molecule has 1 aliphatic rings. The number of amides is 1. The van der Waals surface area contributed by atoms with E-state index < -0.39 is 0 Å². The Morgan fingerprint density at radius 3 is 2.18 bits per heavy atom. The van der Waals surface area contributed by atoms with E-state index in [0.717, 1.165) is 37.6 Å². The molecule has 1 saturated heterocycles. The zero-order chi connectivity index (χ0) is 19.2. The smallest absolute Gasteiger partial charge is 0.241 e. The summed E-state index contributed by atoms with van der Waals surface area (Å²) in [5.74, 6) is 0.877. The molecule has 28 heavy (non-hydrogen) atoms. The summed E-state index contributed by atoms with van der Waals surface area (Å²) in [5, 5.41) is 0. The van der Waals surface area contributed by atoms with Crippen molar-refractivity contribution < 1.29 is 9.21 Å². The minimum absolute atomic E-state index is 0.0933. The van der Waals surface area contributed by atoms with Crippen molar-refractivity contribution >= 4 is 17.3 Å². The maximum atomic E-state index is 13.1. The van der Waals surface area contributed by atoms with Gasteiger partial charge in [0.25, 0.3) is 0 Å². The Kier molecular flexibility index (Phi) is 5.73. The molecule has 144 valence electrons. The first kappa shape index (κ1) is 18.3. The summed E-state index contributed by atoms with van der Waals surface area (Å²) in [6.45, 7) is 4.48. The van der Waals surface area contributed by atoms with Gasteiger partial charge in [-0.2, -0.15) is 0 Å². The van der Waals surface area contributed by atoms with Gasteiger partial charge >= 0.3 is 0 Å². The first-order chi connectivity index (χ1) is 13.8. The Morgan fingerprint density at radius 1 is 0.857 bits per heavy atom. The third-order valence-electron chi connectivity index (χ3n) is 5.12. The van der Waals surface area contributed by atoms with E-state index in [1.807, 2.05) is 53.4 Å². The second-order valence-electron chi connectivity index (χ2n) is 6.99. The number of nitrogens with zero attached hydrogens (tertiary/aromatic N) is 3. The van der Waals surface area contributed by atoms with E-state index >= 15 is 0 Å². The number of benzene rings is 2. The number of piperazine rings is 1. The van der Waals surface area contributed by atoms with Crippen LogP contribution in [0.1, 0.15) is 5.76 Å². The summed E-state index contributed by atoms with van der Waals surface area (Å²) in [4.78, 5) is 19.5. The fourth-order valence-corrected chi connectivity index (χ4v) is 3.57. The zero-order valence-electron chi connectivity index (χ0n) is 15.9. The maximum Gasteiger partial charge on any atom is 0.241 e. The zero-order valence-corrected chi connectivity index (χ0v) is 15.9. The molecule has 1 amide bonds. The van der Waals surface area contributed by atoms with E-state index in [1.165, 1.54) is 5.69 Å². The minimum atomic E-state index is 0.0933. The molecule has 3 aromatic rings. The Labute approximate surface area is 165 Å². The topological polar surface area (TPSA) is 39.9 Å². The molecule has 0 N–H and O–H groups in total. The van der Waals surface area contributed by atoms with Gasteiger partial charge in [-0.15, -0.1) is 0 Å². The number of rotatable bonds is 6. The van der Waals surface area contributed by atoms with Crippen molar-refractivity contribution in [3.8, 4) is 0 Å². The molecule has 1 aliphatic heterocycles. The third-order valence-corrected chi connectivity index (χ3v) is 5.12. The van der Waals surface area contributed by atoms with Crippen molar-refractivity contribution in [2.45, 2.75) is 6.54 Å². The van der Waals surface area contributed by atoms with Crippen LogP contribution in [0, 0.1) is 0 Å². The van der Waals surface area contributed by atoms with Crippen LogP contribution in [-0.2, 0) is 11.3 Å².